The minimum Gasteiger partial charge on any atom is -0.457 e. The van der Waals surface area contributed by atoms with Gasteiger partial charge in [-0.3, -0.25) is 0 Å². The van der Waals surface area contributed by atoms with Gasteiger partial charge in [0.2, 0.25) is 17.8 Å². The van der Waals surface area contributed by atoms with Crippen LogP contribution in [0.2, 0.25) is 0 Å². The topological polar surface area (TPSA) is 57.2 Å². The molecule has 1 unspecified atom stereocenters. The number of hydrogen-bond acceptors (Lipinski definition) is 5. The summed E-state index contributed by atoms with van der Waals surface area (Å²) in [5, 5.41) is 8.89. The molecule has 3 saturated heterocycles. The van der Waals surface area contributed by atoms with Crippen molar-refractivity contribution in [3.05, 3.63) is 11.8 Å². The summed E-state index contributed by atoms with van der Waals surface area (Å²) in [7, 11) is 0. The first-order chi connectivity index (χ1) is 11.2. The number of fused-ring (bicyclic) bond motifs is 3. The maximum absolute atomic E-state index is 13.2. The average Bonchev–Trinajstić information content (AvgIpc) is 2.71. The summed E-state index contributed by atoms with van der Waals surface area (Å²) in [6.07, 6.45) is -1.80. The third-order valence-corrected chi connectivity index (χ3v) is 5.37. The SMILES string of the molecule is C[C@@H]1CCC[C@]23OO[C@@](C)(CCC12)O[C@H]3OC(=CCO)C(F)(F)F. The molecule has 3 heterocycles. The minimum absolute atomic E-state index is 0.0100. The standard InChI is InChI=1S/C16H23F3O5/c1-10-4-3-7-15-11(10)5-8-14(2,23-24-15)22-13(15)21-12(6-9-20)16(17,18)19/h6,10-11,13,20H,3-5,7-9H2,1-2H3/t10-,11?,13-,14+,15+/m1/s1. The van der Waals surface area contributed by atoms with Crippen LogP contribution in [-0.4, -0.2) is 35.6 Å². The van der Waals surface area contributed by atoms with Crippen LogP contribution in [0.15, 0.2) is 11.8 Å². The molecule has 24 heavy (non-hydrogen) atoms. The van der Waals surface area contributed by atoms with E-state index in [1.165, 1.54) is 0 Å². The summed E-state index contributed by atoms with van der Waals surface area (Å²) in [6, 6.07) is 0. The second-order valence-corrected chi connectivity index (χ2v) is 7.09. The smallest absolute Gasteiger partial charge is 0.448 e. The monoisotopic (exact) mass is 352 g/mol. The lowest BCUT2D eigenvalue weighted by atomic mass is 9.67. The Morgan fingerprint density at radius 1 is 1.29 bits per heavy atom. The molecule has 0 radical (unpaired) electrons. The first kappa shape index (κ1) is 18.0. The Hall–Kier alpha value is -0.830. The highest BCUT2D eigenvalue weighted by molar-refractivity contribution is 5.06. The van der Waals surface area contributed by atoms with Crippen molar-refractivity contribution in [2.75, 3.05) is 6.61 Å². The first-order valence-corrected chi connectivity index (χ1v) is 8.30. The van der Waals surface area contributed by atoms with Crippen LogP contribution in [0.25, 0.3) is 0 Å². The van der Waals surface area contributed by atoms with Gasteiger partial charge in [0.05, 0.1) is 6.61 Å². The van der Waals surface area contributed by atoms with E-state index >= 15 is 0 Å². The Morgan fingerprint density at radius 3 is 2.71 bits per heavy atom. The maximum atomic E-state index is 13.2. The molecule has 0 aromatic carbocycles. The number of aliphatic hydroxyl groups is 1. The van der Waals surface area contributed by atoms with Crippen LogP contribution >= 0.6 is 0 Å². The van der Waals surface area contributed by atoms with Crippen molar-refractivity contribution < 1.29 is 37.5 Å². The highest BCUT2D eigenvalue weighted by Gasteiger charge is 2.63. The fraction of sp³-hybridized carbons (Fsp3) is 0.875. The zero-order valence-electron chi connectivity index (χ0n) is 13.8. The van der Waals surface area contributed by atoms with E-state index in [0.717, 1.165) is 19.3 Å². The van der Waals surface area contributed by atoms with E-state index in [0.29, 0.717) is 18.9 Å². The van der Waals surface area contributed by atoms with E-state index in [2.05, 4.69) is 6.92 Å². The van der Waals surface area contributed by atoms with Crippen molar-refractivity contribution in [1.29, 1.82) is 0 Å². The van der Waals surface area contributed by atoms with E-state index < -0.39 is 36.2 Å². The molecule has 0 aromatic heterocycles. The van der Waals surface area contributed by atoms with Gasteiger partial charge in [-0.15, -0.1) is 0 Å². The van der Waals surface area contributed by atoms with Crippen LogP contribution in [0.1, 0.15) is 46.0 Å². The number of hydrogen-bond donors (Lipinski definition) is 1. The number of ether oxygens (including phenoxy) is 2. The first-order valence-electron chi connectivity index (χ1n) is 8.30. The van der Waals surface area contributed by atoms with Gasteiger partial charge < -0.3 is 14.6 Å². The highest BCUT2D eigenvalue weighted by Crippen LogP contribution is 2.54. The van der Waals surface area contributed by atoms with E-state index in [1.54, 1.807) is 6.92 Å². The van der Waals surface area contributed by atoms with Gasteiger partial charge >= 0.3 is 6.18 Å². The normalized spacial score (nSPS) is 43.2. The van der Waals surface area contributed by atoms with Crippen LogP contribution in [-0.2, 0) is 19.2 Å². The molecule has 8 heteroatoms. The van der Waals surface area contributed by atoms with Crippen molar-refractivity contribution >= 4 is 0 Å². The Morgan fingerprint density at radius 2 is 2.04 bits per heavy atom. The van der Waals surface area contributed by atoms with Crippen molar-refractivity contribution in [3.8, 4) is 0 Å². The predicted octanol–water partition coefficient (Wildman–Crippen LogP) is 3.43. The van der Waals surface area contributed by atoms with E-state index in [1.807, 2.05) is 0 Å². The molecular formula is C16H23F3O5. The van der Waals surface area contributed by atoms with Crippen LogP contribution in [0, 0.1) is 11.8 Å². The van der Waals surface area contributed by atoms with Gasteiger partial charge in [-0.1, -0.05) is 13.3 Å². The Bertz CT molecular complexity index is 508. The Kier molecular flexibility index (Phi) is 4.61. The second kappa shape index (κ2) is 6.16. The quantitative estimate of drug-likeness (QED) is 0.623. The van der Waals surface area contributed by atoms with Gasteiger partial charge in [-0.25, -0.2) is 9.78 Å². The molecule has 138 valence electrons. The summed E-state index contributed by atoms with van der Waals surface area (Å²) >= 11 is 0. The van der Waals surface area contributed by atoms with Gasteiger partial charge in [0, 0.05) is 12.3 Å². The molecule has 1 N–H and O–H groups in total. The molecule has 0 amide bonds. The van der Waals surface area contributed by atoms with Gasteiger partial charge in [0.1, 0.15) is 0 Å². The molecule has 4 aliphatic rings. The van der Waals surface area contributed by atoms with Crippen LogP contribution in [0.4, 0.5) is 13.2 Å². The van der Waals surface area contributed by atoms with Crippen molar-refractivity contribution in [2.45, 2.75) is 69.8 Å². The van der Waals surface area contributed by atoms with Gasteiger partial charge in [0.15, 0.2) is 5.60 Å². The Labute approximate surface area is 138 Å². The average molecular weight is 352 g/mol. The van der Waals surface area contributed by atoms with E-state index in [4.69, 9.17) is 24.4 Å². The van der Waals surface area contributed by atoms with Gasteiger partial charge in [-0.05, 0) is 38.2 Å². The summed E-state index contributed by atoms with van der Waals surface area (Å²) in [5.74, 6) is -2.14. The fourth-order valence-corrected chi connectivity index (χ4v) is 4.12. The van der Waals surface area contributed by atoms with Gasteiger partial charge in [-0.2, -0.15) is 13.2 Å². The number of rotatable bonds is 3. The molecule has 5 atom stereocenters. The molecule has 3 aliphatic heterocycles. The van der Waals surface area contributed by atoms with E-state index in [-0.39, 0.29) is 11.8 Å². The molecule has 4 rings (SSSR count). The predicted molar refractivity (Wildman–Crippen MR) is 76.2 cm³/mol. The molecule has 1 spiro atoms. The van der Waals surface area contributed by atoms with Crippen LogP contribution in [0.5, 0.6) is 0 Å². The summed E-state index contributed by atoms with van der Waals surface area (Å²) in [5.41, 5.74) is -1.06. The van der Waals surface area contributed by atoms with Crippen molar-refractivity contribution in [1.82, 2.24) is 0 Å². The molecule has 1 aliphatic carbocycles. The summed E-state index contributed by atoms with van der Waals surface area (Å²) in [6.45, 7) is 2.94. The lowest BCUT2D eigenvalue weighted by molar-refractivity contribution is -0.549. The summed E-state index contributed by atoms with van der Waals surface area (Å²) < 4.78 is 50.5. The van der Waals surface area contributed by atoms with Crippen LogP contribution < -0.4 is 0 Å². The minimum atomic E-state index is -4.72. The molecule has 0 aromatic rings. The summed E-state index contributed by atoms with van der Waals surface area (Å²) in [4.78, 5) is 11.1. The second-order valence-electron chi connectivity index (χ2n) is 7.09. The number of alkyl halides is 3. The maximum Gasteiger partial charge on any atom is 0.448 e. The zero-order chi connectivity index (χ0) is 17.6. The fourth-order valence-electron chi connectivity index (χ4n) is 4.12. The van der Waals surface area contributed by atoms with Crippen LogP contribution in [0.3, 0.4) is 0 Å². The number of allylic oxidation sites excluding steroid dienone is 1. The van der Waals surface area contributed by atoms with Gasteiger partial charge in [0.25, 0.3) is 0 Å². The molecule has 4 fully saturated rings. The Balaban J connectivity index is 1.94. The third-order valence-electron chi connectivity index (χ3n) is 5.37. The van der Waals surface area contributed by atoms with Crippen molar-refractivity contribution in [2.24, 2.45) is 11.8 Å². The molecule has 5 nitrogen and oxygen atoms in total. The molecular weight excluding hydrogens is 329 g/mol. The van der Waals surface area contributed by atoms with E-state index in [9.17, 15) is 13.2 Å². The third kappa shape index (κ3) is 3.05. The highest BCUT2D eigenvalue weighted by atomic mass is 19.4. The zero-order valence-corrected chi connectivity index (χ0v) is 13.8. The van der Waals surface area contributed by atoms with Crippen molar-refractivity contribution in [3.63, 3.8) is 0 Å². The largest absolute Gasteiger partial charge is 0.457 e. The lowest BCUT2D eigenvalue weighted by Crippen LogP contribution is -2.61. The number of aliphatic hydroxyl groups excluding tert-OH is 1. The lowest BCUT2D eigenvalue weighted by Gasteiger charge is -2.50. The molecule has 2 bridgehead atoms. The number of halogens is 3. The molecule has 1 saturated carbocycles.